The molecule has 0 aromatic carbocycles. The fraction of sp³-hybridized carbons (Fsp3) is 0.929. The molecule has 2 unspecified atom stereocenters. The summed E-state index contributed by atoms with van der Waals surface area (Å²) in [5.41, 5.74) is 5.69. The summed E-state index contributed by atoms with van der Waals surface area (Å²) >= 11 is 0. The van der Waals surface area contributed by atoms with Crippen molar-refractivity contribution >= 4 is 15.9 Å². The van der Waals surface area contributed by atoms with Crippen molar-refractivity contribution in [3.8, 4) is 0 Å². The fourth-order valence-corrected chi connectivity index (χ4v) is 4.88. The molecule has 1 heterocycles. The predicted octanol–water partition coefficient (Wildman–Crippen LogP) is 0.436. The van der Waals surface area contributed by atoms with Crippen molar-refractivity contribution in [2.75, 3.05) is 25.4 Å². The van der Waals surface area contributed by atoms with Crippen LogP contribution in [0.2, 0.25) is 0 Å². The Balaban J connectivity index is 1.69. The molecular weight excluding hydrogens is 290 g/mol. The minimum absolute atomic E-state index is 0.0445. The maximum atomic E-state index is 12.0. The summed E-state index contributed by atoms with van der Waals surface area (Å²) in [6.07, 6.45) is 5.73. The maximum absolute atomic E-state index is 12.0. The van der Waals surface area contributed by atoms with Gasteiger partial charge in [-0.2, -0.15) is 0 Å². The van der Waals surface area contributed by atoms with E-state index in [0.717, 1.165) is 32.1 Å². The Hall–Kier alpha value is -0.660. The van der Waals surface area contributed by atoms with E-state index in [0.29, 0.717) is 32.0 Å². The van der Waals surface area contributed by atoms with Crippen molar-refractivity contribution in [2.24, 2.45) is 11.7 Å². The molecule has 1 saturated heterocycles. The Bertz CT molecular complexity index is 446. The van der Waals surface area contributed by atoms with Gasteiger partial charge < -0.3 is 11.1 Å². The zero-order chi connectivity index (χ0) is 15.3. The van der Waals surface area contributed by atoms with Crippen molar-refractivity contribution in [1.29, 1.82) is 0 Å². The van der Waals surface area contributed by atoms with E-state index in [4.69, 9.17) is 5.73 Å². The number of carbonyl (C=O) groups excluding carboxylic acids is 1. The summed E-state index contributed by atoms with van der Waals surface area (Å²) in [5.74, 6) is 0.407. The molecular formula is C14H27N3O3S. The van der Waals surface area contributed by atoms with Crippen molar-refractivity contribution < 1.29 is 13.2 Å². The quantitative estimate of drug-likeness (QED) is 0.712. The highest BCUT2D eigenvalue weighted by molar-refractivity contribution is 7.89. The summed E-state index contributed by atoms with van der Waals surface area (Å²) in [6, 6.07) is 0.178. The highest BCUT2D eigenvalue weighted by atomic mass is 32.2. The number of nitrogens with zero attached hydrogens (tertiary/aromatic N) is 1. The molecule has 2 aliphatic rings. The molecule has 1 aliphatic carbocycles. The van der Waals surface area contributed by atoms with E-state index in [2.05, 4.69) is 5.32 Å². The zero-order valence-electron chi connectivity index (χ0n) is 12.6. The smallest absolute Gasteiger partial charge is 0.220 e. The largest absolute Gasteiger partial charge is 0.353 e. The number of sulfonamides is 1. The Morgan fingerprint density at radius 2 is 1.90 bits per heavy atom. The number of nitrogens with one attached hydrogen (secondary N) is 1. The molecule has 2 atom stereocenters. The van der Waals surface area contributed by atoms with Crippen molar-refractivity contribution in [3.63, 3.8) is 0 Å². The molecule has 122 valence electrons. The second kappa shape index (κ2) is 7.56. The van der Waals surface area contributed by atoms with Gasteiger partial charge in [-0.05, 0) is 44.6 Å². The van der Waals surface area contributed by atoms with Crippen LogP contribution in [0.25, 0.3) is 0 Å². The maximum Gasteiger partial charge on any atom is 0.220 e. The van der Waals surface area contributed by atoms with Crippen molar-refractivity contribution in [2.45, 2.75) is 51.0 Å². The zero-order valence-corrected chi connectivity index (χ0v) is 13.4. The van der Waals surface area contributed by atoms with Crippen LogP contribution in [0.15, 0.2) is 0 Å². The molecule has 0 spiro atoms. The highest BCUT2D eigenvalue weighted by Gasteiger charge is 2.28. The van der Waals surface area contributed by atoms with Crippen LogP contribution in [-0.2, 0) is 14.8 Å². The van der Waals surface area contributed by atoms with E-state index in [9.17, 15) is 13.2 Å². The van der Waals surface area contributed by atoms with E-state index in [1.165, 1.54) is 0 Å². The first kappa shape index (κ1) is 16.7. The molecule has 6 nitrogen and oxygen atoms in total. The fourth-order valence-electron chi connectivity index (χ4n) is 3.30. The van der Waals surface area contributed by atoms with E-state index < -0.39 is 10.0 Å². The lowest BCUT2D eigenvalue weighted by molar-refractivity contribution is -0.122. The molecule has 0 aromatic rings. The lowest BCUT2D eigenvalue weighted by Crippen LogP contribution is -2.40. The molecule has 0 aromatic heterocycles. The SMILES string of the molecule is NCC1CCCC1NC(=O)CCCS(=O)(=O)N1CCCC1. The molecule has 1 aliphatic heterocycles. The molecule has 21 heavy (non-hydrogen) atoms. The summed E-state index contributed by atoms with van der Waals surface area (Å²) < 4.78 is 25.6. The second-order valence-corrected chi connectivity index (χ2v) is 8.21. The first-order valence-electron chi connectivity index (χ1n) is 8.00. The molecule has 2 rings (SSSR count). The molecule has 7 heteroatoms. The molecule has 0 radical (unpaired) electrons. The van der Waals surface area contributed by atoms with Gasteiger partial charge in [0.1, 0.15) is 0 Å². The van der Waals surface area contributed by atoms with Gasteiger partial charge in [0.15, 0.2) is 0 Å². The van der Waals surface area contributed by atoms with Crippen molar-refractivity contribution in [3.05, 3.63) is 0 Å². The first-order valence-corrected chi connectivity index (χ1v) is 9.61. The lowest BCUT2D eigenvalue weighted by atomic mass is 10.0. The minimum Gasteiger partial charge on any atom is -0.353 e. The number of hydrogen-bond donors (Lipinski definition) is 2. The summed E-state index contributed by atoms with van der Waals surface area (Å²) in [6.45, 7) is 1.87. The summed E-state index contributed by atoms with van der Waals surface area (Å²) in [5, 5.41) is 3.01. The Morgan fingerprint density at radius 1 is 1.19 bits per heavy atom. The Kier molecular flexibility index (Phi) is 6.01. The van der Waals surface area contributed by atoms with Crippen LogP contribution in [0.1, 0.15) is 44.9 Å². The Labute approximate surface area is 127 Å². The molecule has 2 fully saturated rings. The summed E-state index contributed by atoms with van der Waals surface area (Å²) in [7, 11) is -3.17. The van der Waals surface area contributed by atoms with Gasteiger partial charge in [-0.1, -0.05) is 6.42 Å². The Morgan fingerprint density at radius 3 is 2.57 bits per heavy atom. The van der Waals surface area contributed by atoms with Crippen LogP contribution in [0.3, 0.4) is 0 Å². The third-order valence-electron chi connectivity index (χ3n) is 4.57. The van der Waals surface area contributed by atoms with Gasteiger partial charge in [0.2, 0.25) is 15.9 Å². The van der Waals surface area contributed by atoms with Crippen LogP contribution in [0.5, 0.6) is 0 Å². The minimum atomic E-state index is -3.17. The third-order valence-corrected chi connectivity index (χ3v) is 6.53. The van der Waals surface area contributed by atoms with E-state index in [-0.39, 0.29) is 24.1 Å². The highest BCUT2D eigenvalue weighted by Crippen LogP contribution is 2.24. The number of hydrogen-bond acceptors (Lipinski definition) is 4. The molecule has 0 bridgehead atoms. The van der Waals surface area contributed by atoms with Gasteiger partial charge in [0.25, 0.3) is 0 Å². The third kappa shape index (κ3) is 4.66. The topological polar surface area (TPSA) is 92.5 Å². The van der Waals surface area contributed by atoms with Crippen LogP contribution >= 0.6 is 0 Å². The average Bonchev–Trinajstić information content (AvgIpc) is 3.09. The van der Waals surface area contributed by atoms with Crippen LogP contribution in [0.4, 0.5) is 0 Å². The second-order valence-electron chi connectivity index (χ2n) is 6.13. The molecule has 3 N–H and O–H groups in total. The predicted molar refractivity (Wildman–Crippen MR) is 82.2 cm³/mol. The van der Waals surface area contributed by atoms with Gasteiger partial charge in [-0.15, -0.1) is 0 Å². The summed E-state index contributed by atoms with van der Waals surface area (Å²) in [4.78, 5) is 11.9. The number of amides is 1. The van der Waals surface area contributed by atoms with Crippen LogP contribution in [-0.4, -0.2) is 50.1 Å². The average molecular weight is 317 g/mol. The molecule has 1 saturated carbocycles. The number of carbonyl (C=O) groups is 1. The monoisotopic (exact) mass is 317 g/mol. The van der Waals surface area contributed by atoms with Crippen LogP contribution < -0.4 is 11.1 Å². The normalized spacial score (nSPS) is 27.1. The van der Waals surface area contributed by atoms with Crippen LogP contribution in [0, 0.1) is 5.92 Å². The first-order chi connectivity index (χ1) is 10.0. The van der Waals surface area contributed by atoms with Gasteiger partial charge in [-0.3, -0.25) is 4.79 Å². The molecule has 1 amide bonds. The van der Waals surface area contributed by atoms with Crippen molar-refractivity contribution in [1.82, 2.24) is 9.62 Å². The van der Waals surface area contributed by atoms with Gasteiger partial charge in [0, 0.05) is 25.6 Å². The van der Waals surface area contributed by atoms with Gasteiger partial charge in [0.05, 0.1) is 5.75 Å². The van der Waals surface area contributed by atoms with E-state index in [1.807, 2.05) is 0 Å². The lowest BCUT2D eigenvalue weighted by Gasteiger charge is -2.19. The number of nitrogens with two attached hydrogens (primary N) is 1. The standard InChI is InChI=1S/C14H27N3O3S/c15-11-12-5-3-6-13(12)16-14(18)7-4-10-21(19,20)17-8-1-2-9-17/h12-13H,1-11,15H2,(H,16,18). The van der Waals surface area contributed by atoms with Gasteiger partial charge >= 0.3 is 0 Å². The van der Waals surface area contributed by atoms with E-state index >= 15 is 0 Å². The number of rotatable bonds is 7. The van der Waals surface area contributed by atoms with E-state index in [1.54, 1.807) is 4.31 Å². The van der Waals surface area contributed by atoms with Gasteiger partial charge in [-0.25, -0.2) is 12.7 Å².